The fourth-order valence-electron chi connectivity index (χ4n) is 4.42. The van der Waals surface area contributed by atoms with Gasteiger partial charge in [-0.05, 0) is 43.2 Å². The van der Waals surface area contributed by atoms with Gasteiger partial charge in [-0.2, -0.15) is 0 Å². The topological polar surface area (TPSA) is 46.4 Å². The van der Waals surface area contributed by atoms with E-state index in [9.17, 15) is 10.1 Å². The summed E-state index contributed by atoms with van der Waals surface area (Å²) in [4.78, 5) is 13.4. The van der Waals surface area contributed by atoms with Crippen molar-refractivity contribution in [1.82, 2.24) is 0 Å². The van der Waals surface area contributed by atoms with Crippen molar-refractivity contribution in [2.45, 2.75) is 70.8 Å². The fraction of sp³-hybridized carbons (Fsp3) is 0.684. The quantitative estimate of drug-likeness (QED) is 0.417. The van der Waals surface area contributed by atoms with Gasteiger partial charge >= 0.3 is 0 Å². The molecule has 0 unspecified atom stereocenters. The van der Waals surface area contributed by atoms with Crippen molar-refractivity contribution >= 4 is 11.4 Å². The number of fused-ring (bicyclic) bond motifs is 2. The van der Waals surface area contributed by atoms with Gasteiger partial charge in [0.2, 0.25) is 0 Å². The minimum absolute atomic E-state index is 0.240. The highest BCUT2D eigenvalue weighted by molar-refractivity contribution is 5.60. The summed E-state index contributed by atoms with van der Waals surface area (Å²) in [5.74, 6) is 0.685. The van der Waals surface area contributed by atoms with Crippen LogP contribution in [0.3, 0.4) is 0 Å². The zero-order valence-electron chi connectivity index (χ0n) is 14.2. The molecule has 2 atom stereocenters. The van der Waals surface area contributed by atoms with E-state index in [0.717, 1.165) is 13.0 Å². The van der Waals surface area contributed by atoms with E-state index >= 15 is 0 Å². The largest absolute Gasteiger partial charge is 0.368 e. The summed E-state index contributed by atoms with van der Waals surface area (Å²) in [6, 6.07) is 6.15. The molecule has 126 valence electrons. The van der Waals surface area contributed by atoms with Gasteiger partial charge in [-0.15, -0.1) is 0 Å². The highest BCUT2D eigenvalue weighted by Gasteiger charge is 2.36. The van der Waals surface area contributed by atoms with Gasteiger partial charge in [-0.3, -0.25) is 10.1 Å². The second-order valence-corrected chi connectivity index (χ2v) is 7.14. The van der Waals surface area contributed by atoms with Crippen LogP contribution in [0.25, 0.3) is 0 Å². The third-order valence-electron chi connectivity index (χ3n) is 5.59. The molecule has 1 saturated carbocycles. The third-order valence-corrected chi connectivity index (χ3v) is 5.59. The summed E-state index contributed by atoms with van der Waals surface area (Å²) in [6.45, 7) is 3.35. The maximum absolute atomic E-state index is 11.1. The Labute approximate surface area is 139 Å². The molecule has 0 radical (unpaired) electrons. The van der Waals surface area contributed by atoms with E-state index < -0.39 is 0 Å². The monoisotopic (exact) mass is 316 g/mol. The van der Waals surface area contributed by atoms with Crippen molar-refractivity contribution in [2.75, 3.05) is 11.4 Å². The van der Waals surface area contributed by atoms with E-state index in [1.807, 2.05) is 12.1 Å². The van der Waals surface area contributed by atoms with E-state index in [1.165, 1.54) is 62.6 Å². The lowest BCUT2D eigenvalue weighted by molar-refractivity contribution is -0.384. The van der Waals surface area contributed by atoms with Crippen LogP contribution in [0, 0.1) is 16.0 Å². The fourth-order valence-corrected chi connectivity index (χ4v) is 4.42. The molecule has 0 N–H and O–H groups in total. The predicted octanol–water partition coefficient (Wildman–Crippen LogP) is 5.10. The van der Waals surface area contributed by atoms with Gasteiger partial charge in [-0.25, -0.2) is 0 Å². The number of rotatable bonds is 6. The number of hydrogen-bond acceptors (Lipinski definition) is 3. The number of benzene rings is 1. The van der Waals surface area contributed by atoms with E-state index in [0.29, 0.717) is 12.0 Å². The molecular weight excluding hydrogens is 288 g/mol. The third kappa shape index (κ3) is 3.51. The Morgan fingerprint density at radius 1 is 1.22 bits per heavy atom. The number of anilines is 1. The Hall–Kier alpha value is -1.58. The second-order valence-electron chi connectivity index (χ2n) is 7.14. The van der Waals surface area contributed by atoms with Gasteiger partial charge in [0.25, 0.3) is 5.69 Å². The van der Waals surface area contributed by atoms with Crippen LogP contribution < -0.4 is 4.90 Å². The Kier molecular flexibility index (Phi) is 5.19. The van der Waals surface area contributed by atoms with Crippen LogP contribution in [0.15, 0.2) is 18.2 Å². The number of nitrogens with zero attached hydrogens (tertiary/aromatic N) is 2. The molecule has 1 aromatic rings. The first-order chi connectivity index (χ1) is 11.2. The van der Waals surface area contributed by atoms with Crippen LogP contribution in [0.4, 0.5) is 11.4 Å². The second kappa shape index (κ2) is 7.33. The summed E-state index contributed by atoms with van der Waals surface area (Å²) in [5.41, 5.74) is 2.69. The summed E-state index contributed by atoms with van der Waals surface area (Å²) in [6.07, 6.45) is 11.3. The molecule has 0 bridgehead atoms. The molecule has 0 amide bonds. The van der Waals surface area contributed by atoms with Crippen LogP contribution >= 0.6 is 0 Å². The van der Waals surface area contributed by atoms with Crippen molar-refractivity contribution in [1.29, 1.82) is 0 Å². The van der Waals surface area contributed by atoms with Crippen LogP contribution in [-0.4, -0.2) is 17.5 Å². The van der Waals surface area contributed by atoms with Gasteiger partial charge in [0.05, 0.1) is 4.92 Å². The molecule has 4 nitrogen and oxygen atoms in total. The molecule has 0 aromatic heterocycles. The Balaban J connectivity index is 1.84. The van der Waals surface area contributed by atoms with E-state index in [2.05, 4.69) is 11.8 Å². The average Bonchev–Trinajstić information content (AvgIpc) is 2.57. The normalized spacial score (nSPS) is 23.3. The number of unbranched alkanes of at least 4 members (excludes halogenated alkanes) is 3. The Morgan fingerprint density at radius 2 is 2.04 bits per heavy atom. The number of hydrogen-bond donors (Lipinski definition) is 0. The van der Waals surface area contributed by atoms with Crippen LogP contribution in [-0.2, 0) is 6.42 Å². The van der Waals surface area contributed by atoms with Gasteiger partial charge < -0.3 is 4.90 Å². The number of non-ortho nitro benzene ring substituents is 1. The molecule has 1 aromatic carbocycles. The highest BCUT2D eigenvalue weighted by atomic mass is 16.6. The minimum Gasteiger partial charge on any atom is -0.368 e. The Morgan fingerprint density at radius 3 is 2.83 bits per heavy atom. The molecular formula is C19H28N2O2. The van der Waals surface area contributed by atoms with Crippen molar-refractivity contribution in [3.63, 3.8) is 0 Å². The molecule has 2 aliphatic rings. The van der Waals surface area contributed by atoms with Crippen molar-refractivity contribution in [2.24, 2.45) is 5.92 Å². The van der Waals surface area contributed by atoms with Crippen LogP contribution in [0.5, 0.6) is 0 Å². The van der Waals surface area contributed by atoms with E-state index in [-0.39, 0.29) is 10.6 Å². The zero-order chi connectivity index (χ0) is 16.2. The smallest absolute Gasteiger partial charge is 0.269 e. The van der Waals surface area contributed by atoms with Crippen LogP contribution in [0.1, 0.15) is 63.9 Å². The molecule has 23 heavy (non-hydrogen) atoms. The molecule has 0 saturated heterocycles. The average molecular weight is 316 g/mol. The Bertz CT molecular complexity index is 558. The maximum atomic E-state index is 11.1. The standard InChI is InChI=1S/C19H28N2O2/c1-2-3-4-7-12-20-18-9-6-5-8-15(18)13-16-14-17(21(22)23)10-11-19(16)20/h10-11,14-15,18H,2-9,12-13H2,1H3/t15-,18-/m1/s1. The van der Waals surface area contributed by atoms with Gasteiger partial charge in [0, 0.05) is 30.4 Å². The lowest BCUT2D eigenvalue weighted by Gasteiger charge is -2.46. The number of nitro benzene ring substituents is 1. The lowest BCUT2D eigenvalue weighted by atomic mass is 9.76. The summed E-state index contributed by atoms with van der Waals surface area (Å²) in [5, 5.41) is 11.1. The first-order valence-electron chi connectivity index (χ1n) is 9.24. The van der Waals surface area contributed by atoms with Crippen LogP contribution in [0.2, 0.25) is 0 Å². The molecule has 1 heterocycles. The predicted molar refractivity (Wildman–Crippen MR) is 94.0 cm³/mol. The molecule has 1 fully saturated rings. The van der Waals surface area contributed by atoms with Gasteiger partial charge in [0.1, 0.15) is 0 Å². The van der Waals surface area contributed by atoms with E-state index in [4.69, 9.17) is 0 Å². The first-order valence-corrected chi connectivity index (χ1v) is 9.24. The highest BCUT2D eigenvalue weighted by Crippen LogP contribution is 2.41. The van der Waals surface area contributed by atoms with Crippen molar-refractivity contribution in [3.05, 3.63) is 33.9 Å². The molecule has 1 aliphatic carbocycles. The molecule has 1 aliphatic heterocycles. The summed E-state index contributed by atoms with van der Waals surface area (Å²) in [7, 11) is 0. The van der Waals surface area contributed by atoms with Crippen molar-refractivity contribution < 1.29 is 4.92 Å². The van der Waals surface area contributed by atoms with E-state index in [1.54, 1.807) is 6.07 Å². The number of nitro groups is 1. The maximum Gasteiger partial charge on any atom is 0.269 e. The zero-order valence-corrected chi connectivity index (χ0v) is 14.2. The SMILES string of the molecule is CCCCCCN1c2ccc([N+](=O)[O-])cc2C[C@H]2CCCC[C@H]21. The lowest BCUT2D eigenvalue weighted by Crippen LogP contribution is -2.47. The minimum atomic E-state index is -0.265. The molecule has 3 rings (SSSR count). The van der Waals surface area contributed by atoms with Gasteiger partial charge in [0.15, 0.2) is 0 Å². The molecule has 0 spiro atoms. The summed E-state index contributed by atoms with van der Waals surface area (Å²) >= 11 is 0. The van der Waals surface area contributed by atoms with Crippen molar-refractivity contribution in [3.8, 4) is 0 Å². The summed E-state index contributed by atoms with van der Waals surface area (Å²) < 4.78 is 0. The van der Waals surface area contributed by atoms with Gasteiger partial charge in [-0.1, -0.05) is 39.0 Å². The first kappa shape index (κ1) is 16.3. The molecule has 4 heteroatoms.